The van der Waals surface area contributed by atoms with Gasteiger partial charge in [0.25, 0.3) is 5.91 Å². The molecule has 0 aliphatic rings. The molecule has 3 aromatic heterocycles. The number of fused-ring (bicyclic) bond motifs is 2. The van der Waals surface area contributed by atoms with Gasteiger partial charge in [0.1, 0.15) is 0 Å². The van der Waals surface area contributed by atoms with Gasteiger partial charge in [-0.05, 0) is 30.2 Å². The van der Waals surface area contributed by atoms with Crippen molar-refractivity contribution >= 4 is 28.0 Å². The molecule has 4 aromatic rings. The van der Waals surface area contributed by atoms with Crippen LogP contribution in [0.2, 0.25) is 0 Å². The molecular formula is C23H25FN4O2. The fourth-order valence-electron chi connectivity index (χ4n) is 3.56. The Morgan fingerprint density at radius 1 is 1.17 bits per heavy atom. The number of benzene rings is 1. The second-order valence-corrected chi connectivity index (χ2v) is 8.80. The van der Waals surface area contributed by atoms with Crippen LogP contribution in [0.4, 0.5) is 4.39 Å². The van der Waals surface area contributed by atoms with Crippen LogP contribution in [-0.2, 0) is 0 Å². The van der Waals surface area contributed by atoms with Crippen LogP contribution < -0.4 is 4.74 Å². The Bertz CT molecular complexity index is 1280. The first-order valence-corrected chi connectivity index (χ1v) is 9.90. The number of carbonyl (C=O) groups is 1. The highest BCUT2D eigenvalue weighted by molar-refractivity contribution is 5.96. The van der Waals surface area contributed by atoms with Crippen molar-refractivity contribution in [1.29, 1.82) is 0 Å². The van der Waals surface area contributed by atoms with Crippen LogP contribution in [0.1, 0.15) is 51.0 Å². The number of rotatable bonds is 3. The van der Waals surface area contributed by atoms with Crippen molar-refractivity contribution in [3.05, 3.63) is 48.0 Å². The summed E-state index contributed by atoms with van der Waals surface area (Å²) < 4.78 is 22.6. The fraction of sp³-hybridized carbons (Fsp3) is 0.348. The van der Waals surface area contributed by atoms with Crippen LogP contribution >= 0.6 is 0 Å². The first kappa shape index (κ1) is 20.1. The Hall–Kier alpha value is -3.22. The third-order valence-corrected chi connectivity index (χ3v) is 5.15. The lowest BCUT2D eigenvalue weighted by atomic mass is 9.96. The van der Waals surface area contributed by atoms with E-state index in [2.05, 4.69) is 23.5 Å². The van der Waals surface area contributed by atoms with E-state index in [0.29, 0.717) is 5.65 Å². The molecule has 0 spiro atoms. The van der Waals surface area contributed by atoms with Gasteiger partial charge in [-0.3, -0.25) is 4.79 Å². The molecule has 0 saturated carbocycles. The summed E-state index contributed by atoms with van der Waals surface area (Å²) in [6.07, 6.45) is 1.66. The molecule has 0 bridgehead atoms. The molecular weight excluding hydrogens is 383 g/mol. The van der Waals surface area contributed by atoms with Gasteiger partial charge in [0, 0.05) is 28.2 Å². The average molecular weight is 408 g/mol. The number of hydrogen-bond acceptors (Lipinski definition) is 4. The van der Waals surface area contributed by atoms with Crippen LogP contribution in [0.5, 0.6) is 5.75 Å². The maximum absolute atomic E-state index is 14.0. The van der Waals surface area contributed by atoms with E-state index in [1.165, 1.54) is 17.9 Å². The van der Waals surface area contributed by atoms with Gasteiger partial charge in [-0.15, -0.1) is 0 Å². The monoisotopic (exact) mass is 408 g/mol. The Balaban J connectivity index is 1.99. The van der Waals surface area contributed by atoms with Gasteiger partial charge in [-0.25, -0.2) is 9.37 Å². The Morgan fingerprint density at radius 2 is 1.90 bits per heavy atom. The molecule has 0 radical (unpaired) electrons. The van der Waals surface area contributed by atoms with Crippen LogP contribution in [0.15, 0.2) is 36.5 Å². The molecule has 0 aliphatic heterocycles. The molecule has 0 saturated heterocycles. The smallest absolute Gasteiger partial charge is 0.254 e. The molecule has 0 unspecified atom stereocenters. The lowest BCUT2D eigenvalue weighted by Gasteiger charge is -2.16. The number of pyridine rings is 1. The minimum atomic E-state index is -0.574. The van der Waals surface area contributed by atoms with Crippen LogP contribution in [0.3, 0.4) is 0 Å². The molecule has 4 rings (SSSR count). The van der Waals surface area contributed by atoms with Gasteiger partial charge in [-0.1, -0.05) is 34.6 Å². The van der Waals surface area contributed by atoms with Crippen molar-refractivity contribution in [2.75, 3.05) is 7.11 Å². The number of ether oxygens (including phenoxy) is 1. The van der Waals surface area contributed by atoms with Crippen molar-refractivity contribution in [3.63, 3.8) is 0 Å². The zero-order valence-electron chi connectivity index (χ0n) is 18.0. The van der Waals surface area contributed by atoms with Gasteiger partial charge in [0.05, 0.1) is 24.3 Å². The molecule has 3 heterocycles. The fourth-order valence-corrected chi connectivity index (χ4v) is 3.56. The van der Waals surface area contributed by atoms with Crippen molar-refractivity contribution < 1.29 is 13.9 Å². The molecule has 0 amide bonds. The molecule has 6 nitrogen and oxygen atoms in total. The number of carbonyl (C=O) groups excluding carboxylic acids is 1. The maximum Gasteiger partial charge on any atom is 0.254 e. The Labute approximate surface area is 174 Å². The highest BCUT2D eigenvalue weighted by Gasteiger charge is 2.26. The zero-order chi connectivity index (χ0) is 21.8. The molecule has 30 heavy (non-hydrogen) atoms. The molecule has 0 fully saturated rings. The van der Waals surface area contributed by atoms with E-state index in [-0.39, 0.29) is 17.6 Å². The van der Waals surface area contributed by atoms with Crippen molar-refractivity contribution in [3.8, 4) is 11.4 Å². The largest absolute Gasteiger partial charge is 0.494 e. The third kappa shape index (κ3) is 3.14. The second kappa shape index (κ2) is 6.93. The number of halogens is 1. The lowest BCUT2D eigenvalue weighted by Crippen LogP contribution is -2.27. The van der Waals surface area contributed by atoms with Gasteiger partial charge in [-0.2, -0.15) is 9.78 Å². The SMILES string of the molecule is COc1cc(-n2c(C(C)C)cc3nc4c(cnn4C(=O)C(C)(C)C)cc32)ccc1F. The van der Waals surface area contributed by atoms with Crippen molar-refractivity contribution in [1.82, 2.24) is 19.3 Å². The van der Waals surface area contributed by atoms with E-state index >= 15 is 0 Å². The van der Waals surface area contributed by atoms with Crippen molar-refractivity contribution in [2.24, 2.45) is 5.41 Å². The van der Waals surface area contributed by atoms with Crippen LogP contribution in [-0.4, -0.2) is 32.3 Å². The standard InChI is InChI=1S/C23H25FN4O2/c1-13(2)18-11-17-19(27(18)15-7-8-16(24)20(10-15)30-6)9-14-12-25-28(21(14)26-17)22(29)23(3,4)5/h7-13H,1-6H3. The van der Waals surface area contributed by atoms with Crippen LogP contribution in [0.25, 0.3) is 27.8 Å². The van der Waals surface area contributed by atoms with E-state index in [1.54, 1.807) is 18.3 Å². The zero-order valence-corrected chi connectivity index (χ0v) is 18.0. The highest BCUT2D eigenvalue weighted by atomic mass is 19.1. The summed E-state index contributed by atoms with van der Waals surface area (Å²) in [5.41, 5.74) is 3.38. The van der Waals surface area contributed by atoms with E-state index in [0.717, 1.165) is 27.8 Å². The summed E-state index contributed by atoms with van der Waals surface area (Å²) in [6.45, 7) is 9.76. The Kier molecular flexibility index (Phi) is 4.64. The molecule has 0 aliphatic carbocycles. The maximum atomic E-state index is 14.0. The van der Waals surface area contributed by atoms with Gasteiger partial charge in [0.15, 0.2) is 17.2 Å². The van der Waals surface area contributed by atoms with E-state index in [4.69, 9.17) is 9.72 Å². The number of nitrogens with zero attached hydrogens (tertiary/aromatic N) is 4. The summed E-state index contributed by atoms with van der Waals surface area (Å²) in [5, 5.41) is 5.06. The summed E-state index contributed by atoms with van der Waals surface area (Å²) >= 11 is 0. The van der Waals surface area contributed by atoms with E-state index in [9.17, 15) is 9.18 Å². The summed E-state index contributed by atoms with van der Waals surface area (Å²) in [5.74, 6) is -0.143. The normalized spacial score (nSPS) is 12.3. The molecule has 0 N–H and O–H groups in total. The number of methoxy groups -OCH3 is 1. The predicted molar refractivity (Wildman–Crippen MR) is 115 cm³/mol. The quantitative estimate of drug-likeness (QED) is 0.459. The summed E-state index contributed by atoms with van der Waals surface area (Å²) in [7, 11) is 1.45. The topological polar surface area (TPSA) is 61.9 Å². The average Bonchev–Trinajstić information content (AvgIpc) is 3.26. The minimum Gasteiger partial charge on any atom is -0.494 e. The lowest BCUT2D eigenvalue weighted by molar-refractivity contribution is 0.0754. The van der Waals surface area contributed by atoms with Crippen LogP contribution in [0, 0.1) is 11.2 Å². The highest BCUT2D eigenvalue weighted by Crippen LogP contribution is 2.32. The number of hydrogen-bond donors (Lipinski definition) is 0. The van der Waals surface area contributed by atoms with E-state index in [1.807, 2.05) is 32.9 Å². The third-order valence-electron chi connectivity index (χ3n) is 5.15. The molecule has 156 valence electrons. The summed E-state index contributed by atoms with van der Waals surface area (Å²) in [4.78, 5) is 17.6. The summed E-state index contributed by atoms with van der Waals surface area (Å²) in [6, 6.07) is 8.78. The van der Waals surface area contributed by atoms with Gasteiger partial charge < -0.3 is 9.30 Å². The van der Waals surface area contributed by atoms with Crippen molar-refractivity contribution in [2.45, 2.75) is 40.5 Å². The van der Waals surface area contributed by atoms with Gasteiger partial charge in [0.2, 0.25) is 0 Å². The minimum absolute atomic E-state index is 0.115. The molecule has 1 aromatic carbocycles. The predicted octanol–water partition coefficient (Wildman–Crippen LogP) is 5.33. The molecule has 7 heteroatoms. The first-order chi connectivity index (χ1) is 14.1. The van der Waals surface area contributed by atoms with Gasteiger partial charge >= 0.3 is 0 Å². The second-order valence-electron chi connectivity index (χ2n) is 8.80. The van der Waals surface area contributed by atoms with E-state index < -0.39 is 11.2 Å². The first-order valence-electron chi connectivity index (χ1n) is 9.90. The number of aromatic nitrogens is 4. The molecule has 0 atom stereocenters. The Morgan fingerprint density at radius 3 is 2.53 bits per heavy atom.